The summed E-state index contributed by atoms with van der Waals surface area (Å²) in [5.41, 5.74) is 1.78. The molecule has 0 bridgehead atoms. The number of benzene rings is 2. The molecular weight excluding hydrogens is 524 g/mol. The molecule has 4 aromatic rings. The monoisotopic (exact) mass is 552 g/mol. The number of aromatic nitrogens is 1. The van der Waals surface area contributed by atoms with Crippen molar-refractivity contribution >= 4 is 44.9 Å². The third kappa shape index (κ3) is 4.67. The van der Waals surface area contributed by atoms with E-state index in [9.17, 15) is 9.59 Å². The molecule has 1 amide bonds. The Morgan fingerprint density at radius 2 is 1.89 bits per heavy atom. The normalized spacial score (nSPS) is 15.0. The van der Waals surface area contributed by atoms with Gasteiger partial charge >= 0.3 is 0 Å². The number of hydrogen-bond donors (Lipinski definition) is 0. The average Bonchev–Trinajstić information content (AvgIpc) is 3.36. The highest BCUT2D eigenvalue weighted by molar-refractivity contribution is 7.15. The van der Waals surface area contributed by atoms with E-state index >= 15 is 0 Å². The maximum Gasteiger partial charge on any atom is 0.297 e. The molecule has 0 radical (unpaired) electrons. The molecule has 3 heterocycles. The van der Waals surface area contributed by atoms with Gasteiger partial charge in [-0.25, -0.2) is 4.98 Å². The summed E-state index contributed by atoms with van der Waals surface area (Å²) in [6.07, 6.45) is 0.908. The predicted molar refractivity (Wildman–Crippen MR) is 150 cm³/mol. The van der Waals surface area contributed by atoms with Gasteiger partial charge in [0.15, 0.2) is 22.1 Å². The highest BCUT2D eigenvalue weighted by Crippen LogP contribution is 2.44. The van der Waals surface area contributed by atoms with Gasteiger partial charge in [0.2, 0.25) is 5.76 Å². The Bertz CT molecular complexity index is 1570. The first-order valence-electron chi connectivity index (χ1n) is 12.6. The summed E-state index contributed by atoms with van der Waals surface area (Å²) >= 11 is 7.61. The van der Waals surface area contributed by atoms with Crippen LogP contribution >= 0.6 is 22.9 Å². The number of rotatable bonds is 8. The maximum absolute atomic E-state index is 13.9. The molecule has 0 N–H and O–H groups in total. The predicted octanol–water partition coefficient (Wildman–Crippen LogP) is 7.09. The number of thiazole rings is 1. The zero-order chi connectivity index (χ0) is 27.1. The van der Waals surface area contributed by atoms with Crippen molar-refractivity contribution in [2.24, 2.45) is 5.92 Å². The van der Waals surface area contributed by atoms with Crippen molar-refractivity contribution < 1.29 is 18.7 Å². The number of nitrogens with zero attached hydrogens (tertiary/aromatic N) is 2. The van der Waals surface area contributed by atoms with Crippen LogP contribution in [0.1, 0.15) is 65.5 Å². The van der Waals surface area contributed by atoms with Crippen LogP contribution in [-0.4, -0.2) is 24.1 Å². The van der Waals surface area contributed by atoms with Crippen molar-refractivity contribution in [3.63, 3.8) is 0 Å². The number of aryl methyl sites for hydroxylation is 2. The van der Waals surface area contributed by atoms with Gasteiger partial charge < -0.3 is 13.9 Å². The second kappa shape index (κ2) is 10.4. The zero-order valence-corrected chi connectivity index (χ0v) is 23.5. The van der Waals surface area contributed by atoms with Gasteiger partial charge in [-0.15, -0.1) is 11.3 Å². The Hall–Kier alpha value is -3.36. The van der Waals surface area contributed by atoms with Gasteiger partial charge in [-0.2, -0.15) is 0 Å². The van der Waals surface area contributed by atoms with Crippen molar-refractivity contribution in [3.8, 4) is 11.5 Å². The number of fused-ring (bicyclic) bond motifs is 2. The lowest BCUT2D eigenvalue weighted by molar-refractivity contribution is 0.0971. The van der Waals surface area contributed by atoms with E-state index < -0.39 is 11.9 Å². The second-order valence-corrected chi connectivity index (χ2v) is 11.3. The van der Waals surface area contributed by atoms with E-state index in [-0.39, 0.29) is 16.8 Å². The molecule has 5 rings (SSSR count). The van der Waals surface area contributed by atoms with Crippen LogP contribution < -0.4 is 19.8 Å². The van der Waals surface area contributed by atoms with E-state index in [1.54, 1.807) is 23.1 Å². The number of hydrogen-bond acceptors (Lipinski definition) is 7. The smallest absolute Gasteiger partial charge is 0.297 e. The number of anilines is 1. The third-order valence-electron chi connectivity index (χ3n) is 6.59. The summed E-state index contributed by atoms with van der Waals surface area (Å²) < 4.78 is 18.0. The van der Waals surface area contributed by atoms with Gasteiger partial charge in [0.25, 0.3) is 5.91 Å². The van der Waals surface area contributed by atoms with Crippen LogP contribution in [0.5, 0.6) is 11.5 Å². The van der Waals surface area contributed by atoms with Crippen LogP contribution in [0.3, 0.4) is 0 Å². The van der Waals surface area contributed by atoms with Crippen molar-refractivity contribution in [1.82, 2.24) is 4.98 Å². The van der Waals surface area contributed by atoms with Crippen LogP contribution in [0, 0.1) is 19.8 Å². The van der Waals surface area contributed by atoms with Crippen LogP contribution in [0.2, 0.25) is 5.02 Å². The maximum atomic E-state index is 13.9. The first-order valence-corrected chi connectivity index (χ1v) is 13.8. The minimum atomic E-state index is -0.758. The molecule has 0 saturated heterocycles. The van der Waals surface area contributed by atoms with Gasteiger partial charge in [-0.3, -0.25) is 14.5 Å². The lowest BCUT2D eigenvalue weighted by Gasteiger charge is -2.23. The molecule has 0 fully saturated rings. The van der Waals surface area contributed by atoms with E-state index in [0.717, 1.165) is 17.0 Å². The summed E-state index contributed by atoms with van der Waals surface area (Å²) in [5.74, 6) is 1.27. The number of halogens is 1. The molecule has 0 saturated carbocycles. The van der Waals surface area contributed by atoms with Crippen molar-refractivity contribution in [3.05, 3.63) is 79.1 Å². The Morgan fingerprint density at radius 1 is 1.11 bits per heavy atom. The summed E-state index contributed by atoms with van der Waals surface area (Å²) in [6.45, 7) is 11.0. The first-order chi connectivity index (χ1) is 18.2. The van der Waals surface area contributed by atoms with Crippen LogP contribution in [0.25, 0.3) is 11.0 Å². The lowest BCUT2D eigenvalue weighted by atomic mass is 9.98. The van der Waals surface area contributed by atoms with E-state index in [1.807, 2.05) is 39.0 Å². The number of ether oxygens (including phenoxy) is 2. The van der Waals surface area contributed by atoms with Gasteiger partial charge in [0.1, 0.15) is 5.58 Å². The van der Waals surface area contributed by atoms with E-state index in [1.165, 1.54) is 11.3 Å². The SMILES string of the molecule is CCOc1cc(C2c3c(oc4ccc(Cl)cc4c3=O)C(=O)N2c2nc(C)c(C)s2)ccc1OCCC(C)C. The fourth-order valence-electron chi connectivity index (χ4n) is 4.50. The fourth-order valence-corrected chi connectivity index (χ4v) is 5.61. The highest BCUT2D eigenvalue weighted by atomic mass is 35.5. The second-order valence-electron chi connectivity index (χ2n) is 9.70. The Balaban J connectivity index is 1.69. The molecule has 2 aromatic heterocycles. The Labute approximate surface area is 230 Å². The minimum absolute atomic E-state index is 0.00977. The molecule has 7 nitrogen and oxygen atoms in total. The molecule has 1 unspecified atom stereocenters. The molecule has 1 atom stereocenters. The Morgan fingerprint density at radius 3 is 2.58 bits per heavy atom. The highest BCUT2D eigenvalue weighted by Gasteiger charge is 2.45. The third-order valence-corrected chi connectivity index (χ3v) is 7.90. The molecule has 0 aliphatic carbocycles. The molecule has 1 aliphatic rings. The van der Waals surface area contributed by atoms with Crippen molar-refractivity contribution in [2.45, 2.75) is 47.1 Å². The topological polar surface area (TPSA) is 81.9 Å². The molecule has 9 heteroatoms. The molecular formula is C29H29ClN2O5S. The number of amides is 1. The average molecular weight is 553 g/mol. The van der Waals surface area contributed by atoms with Crippen LogP contribution in [-0.2, 0) is 0 Å². The van der Waals surface area contributed by atoms with Gasteiger partial charge in [-0.1, -0.05) is 31.5 Å². The molecule has 2 aromatic carbocycles. The summed E-state index contributed by atoms with van der Waals surface area (Å²) in [6, 6.07) is 9.59. The van der Waals surface area contributed by atoms with E-state index in [2.05, 4.69) is 18.8 Å². The molecule has 38 heavy (non-hydrogen) atoms. The van der Waals surface area contributed by atoms with Crippen LogP contribution in [0.15, 0.2) is 45.6 Å². The van der Waals surface area contributed by atoms with Crippen molar-refractivity contribution in [1.29, 1.82) is 0 Å². The molecule has 0 spiro atoms. The minimum Gasteiger partial charge on any atom is -0.490 e. The molecule has 198 valence electrons. The largest absolute Gasteiger partial charge is 0.490 e. The summed E-state index contributed by atoms with van der Waals surface area (Å²) in [7, 11) is 0. The van der Waals surface area contributed by atoms with E-state index in [0.29, 0.717) is 57.3 Å². The van der Waals surface area contributed by atoms with Crippen molar-refractivity contribution in [2.75, 3.05) is 18.1 Å². The van der Waals surface area contributed by atoms with Crippen LogP contribution in [0.4, 0.5) is 5.13 Å². The quantitative estimate of drug-likeness (QED) is 0.232. The van der Waals surface area contributed by atoms with Gasteiger partial charge in [0, 0.05) is 9.90 Å². The van der Waals surface area contributed by atoms with Gasteiger partial charge in [0.05, 0.1) is 35.9 Å². The summed E-state index contributed by atoms with van der Waals surface area (Å²) in [4.78, 5) is 34.9. The first kappa shape index (κ1) is 26.3. The fraction of sp³-hybridized carbons (Fsp3) is 0.345. The standard InChI is InChI=1S/C29H29ClN2O5S/c1-6-35-23-13-18(7-9-22(23)36-12-11-15(2)3)25-24-26(33)20-14-19(30)8-10-21(20)37-27(24)28(34)32(25)29-31-16(4)17(5)38-29/h7-10,13-15,25H,6,11-12H2,1-5H3. The Kier molecular flexibility index (Phi) is 7.20. The van der Waals surface area contributed by atoms with E-state index in [4.69, 9.17) is 25.5 Å². The summed E-state index contributed by atoms with van der Waals surface area (Å²) in [5, 5.41) is 1.23. The lowest BCUT2D eigenvalue weighted by Crippen LogP contribution is -2.29. The van der Waals surface area contributed by atoms with Gasteiger partial charge in [-0.05, 0) is 69.0 Å². The number of carbonyl (C=O) groups is 1. The number of carbonyl (C=O) groups excluding carboxylic acids is 1. The zero-order valence-electron chi connectivity index (χ0n) is 22.0. The molecule has 1 aliphatic heterocycles.